The number of halogens is 3. The van der Waals surface area contributed by atoms with Crippen molar-refractivity contribution < 1.29 is 9.59 Å². The van der Waals surface area contributed by atoms with Gasteiger partial charge in [0.15, 0.2) is 0 Å². The highest BCUT2D eigenvalue weighted by molar-refractivity contribution is 14.1. The number of rotatable bonds is 0. The van der Waals surface area contributed by atoms with E-state index in [-0.39, 0.29) is 11.8 Å². The number of carbonyl (C=O) groups excluding carboxylic acids is 2. The van der Waals surface area contributed by atoms with Crippen molar-refractivity contribution in [2.75, 3.05) is 31.9 Å². The Morgan fingerprint density at radius 2 is 1.04 bits per heavy atom. The number of anilines is 1. The predicted octanol–water partition coefficient (Wildman–Crippen LogP) is 8.74. The Morgan fingerprint density at radius 3 is 1.50 bits per heavy atom. The number of hydrogen-bond donors (Lipinski definition) is 1. The number of nitrogens with zero attached hydrogens (tertiary/aromatic N) is 4. The van der Waals surface area contributed by atoms with Crippen molar-refractivity contribution in [1.82, 2.24) is 19.8 Å². The monoisotopic (exact) mass is 845 g/mol. The summed E-state index contributed by atoms with van der Waals surface area (Å²) in [4.78, 5) is 36.8. The van der Waals surface area contributed by atoms with Crippen LogP contribution in [0.4, 0.5) is 5.69 Å². The number of carbonyl (C=O) groups is 2. The van der Waals surface area contributed by atoms with Gasteiger partial charge in [-0.2, -0.15) is 0 Å². The van der Waals surface area contributed by atoms with Crippen LogP contribution in [0.5, 0.6) is 0 Å². The van der Waals surface area contributed by atoms with E-state index in [9.17, 15) is 9.59 Å². The van der Waals surface area contributed by atoms with Crippen molar-refractivity contribution in [1.29, 1.82) is 0 Å². The third-order valence-electron chi connectivity index (χ3n) is 10.7. The van der Waals surface area contributed by atoms with Crippen molar-refractivity contribution in [3.05, 3.63) is 130 Å². The van der Waals surface area contributed by atoms with E-state index < -0.39 is 0 Å². The average molecular weight is 847 g/mol. The average Bonchev–Trinajstić information content (AvgIpc) is 3.39. The molecule has 0 atom stereocenters. The number of nitrogens with two attached hydrogens (primary N) is 1. The van der Waals surface area contributed by atoms with E-state index in [1.54, 1.807) is 20.0 Å². The van der Waals surface area contributed by atoms with Crippen LogP contribution >= 0.6 is 45.8 Å². The SMILES string of the molecule is CC(=O)N1CCC(=C2c3ccc(Cl)cc3CCc3cc(I)cnc32)CC1.CC(=O)N1CCC(=C2c3ccc(Cl)cc3CCc3cc(N)cnc32)CC1. The first kappa shape index (κ1) is 36.6. The maximum atomic E-state index is 11.7. The summed E-state index contributed by atoms with van der Waals surface area (Å²) < 4.78 is 1.17. The van der Waals surface area contributed by atoms with Crippen molar-refractivity contribution in [2.45, 2.75) is 65.2 Å². The van der Waals surface area contributed by atoms with Crippen LogP contribution in [0.15, 0.2) is 72.1 Å². The summed E-state index contributed by atoms with van der Waals surface area (Å²) in [6, 6.07) is 16.6. The van der Waals surface area contributed by atoms with E-state index in [0.717, 1.165) is 99.0 Å². The molecular weight excluding hydrogens is 804 g/mol. The number of likely N-dealkylation sites (tertiary alicyclic amines) is 2. The first-order valence-electron chi connectivity index (χ1n) is 18.0. The molecule has 2 saturated heterocycles. The molecule has 0 radical (unpaired) electrons. The molecule has 2 N–H and O–H groups in total. The van der Waals surface area contributed by atoms with Crippen LogP contribution in [-0.2, 0) is 35.3 Å². The molecule has 2 aliphatic carbocycles. The Bertz CT molecular complexity index is 1860. The van der Waals surface area contributed by atoms with Crippen molar-refractivity contribution in [3.8, 4) is 0 Å². The minimum atomic E-state index is 0.147. The molecule has 268 valence electrons. The lowest BCUT2D eigenvalue weighted by Crippen LogP contribution is -2.34. The number of amides is 2. The van der Waals surface area contributed by atoms with Crippen LogP contribution in [0.2, 0.25) is 10.0 Å². The fourth-order valence-electron chi connectivity index (χ4n) is 8.06. The fraction of sp³-hybridized carbons (Fsp3) is 0.333. The van der Waals surface area contributed by atoms with E-state index in [4.69, 9.17) is 38.9 Å². The van der Waals surface area contributed by atoms with Gasteiger partial charge < -0.3 is 15.5 Å². The Morgan fingerprint density at radius 1 is 0.615 bits per heavy atom. The van der Waals surface area contributed by atoms with Gasteiger partial charge in [-0.15, -0.1) is 0 Å². The van der Waals surface area contributed by atoms with Gasteiger partial charge in [0.2, 0.25) is 11.8 Å². The Kier molecular flexibility index (Phi) is 11.1. The summed E-state index contributed by atoms with van der Waals surface area (Å²) in [5.74, 6) is 0.309. The van der Waals surface area contributed by atoms with E-state index in [2.05, 4.69) is 52.9 Å². The second kappa shape index (κ2) is 15.7. The van der Waals surface area contributed by atoms with E-state index >= 15 is 0 Å². The van der Waals surface area contributed by atoms with Gasteiger partial charge in [-0.25, -0.2) is 0 Å². The molecule has 2 aliphatic heterocycles. The molecule has 2 fully saturated rings. The maximum Gasteiger partial charge on any atom is 0.219 e. The third kappa shape index (κ3) is 7.80. The molecule has 4 aliphatic rings. The second-order valence-electron chi connectivity index (χ2n) is 14.0. The zero-order valence-electron chi connectivity index (χ0n) is 29.6. The van der Waals surface area contributed by atoms with E-state index in [0.29, 0.717) is 5.69 Å². The smallest absolute Gasteiger partial charge is 0.219 e. The van der Waals surface area contributed by atoms with Gasteiger partial charge in [0.1, 0.15) is 0 Å². The Balaban J connectivity index is 0.000000162. The van der Waals surface area contributed by atoms with Gasteiger partial charge in [0.25, 0.3) is 0 Å². The Hall–Kier alpha value is -3.73. The van der Waals surface area contributed by atoms with Crippen LogP contribution < -0.4 is 5.73 Å². The lowest BCUT2D eigenvalue weighted by Gasteiger charge is -2.29. The van der Waals surface area contributed by atoms with Gasteiger partial charge in [0, 0.05) is 71.0 Å². The number of nitrogen functional groups attached to an aromatic ring is 1. The number of benzene rings is 2. The third-order valence-corrected chi connectivity index (χ3v) is 11.8. The summed E-state index contributed by atoms with van der Waals surface area (Å²) in [7, 11) is 0. The first-order chi connectivity index (χ1) is 25.0. The summed E-state index contributed by atoms with van der Waals surface area (Å²) in [6.45, 7) is 6.40. The highest BCUT2D eigenvalue weighted by atomic mass is 127. The molecule has 2 aromatic carbocycles. The van der Waals surface area contributed by atoms with Crippen molar-refractivity contribution >= 4 is 74.4 Å². The molecule has 7 nitrogen and oxygen atoms in total. The molecule has 0 unspecified atom stereocenters. The number of fused-ring (bicyclic) bond motifs is 4. The summed E-state index contributed by atoms with van der Waals surface area (Å²) in [5, 5.41) is 1.55. The van der Waals surface area contributed by atoms with Gasteiger partial charge >= 0.3 is 0 Å². The largest absolute Gasteiger partial charge is 0.397 e. The summed E-state index contributed by atoms with van der Waals surface area (Å²) >= 11 is 14.9. The highest BCUT2D eigenvalue weighted by Gasteiger charge is 2.28. The molecule has 0 bridgehead atoms. The molecule has 4 aromatic rings. The quantitative estimate of drug-likeness (QED) is 0.179. The maximum absolute atomic E-state index is 11.7. The predicted molar refractivity (Wildman–Crippen MR) is 218 cm³/mol. The zero-order valence-corrected chi connectivity index (χ0v) is 33.2. The van der Waals surface area contributed by atoms with Gasteiger partial charge in [0.05, 0.1) is 23.3 Å². The lowest BCUT2D eigenvalue weighted by molar-refractivity contribution is -0.130. The fourth-order valence-corrected chi connectivity index (χ4v) is 8.96. The second-order valence-corrected chi connectivity index (χ2v) is 16.1. The molecule has 10 heteroatoms. The van der Waals surface area contributed by atoms with E-state index in [1.807, 2.05) is 34.2 Å². The zero-order chi connectivity index (χ0) is 36.5. The Labute approximate surface area is 329 Å². The van der Waals surface area contributed by atoms with E-state index in [1.165, 1.54) is 59.2 Å². The van der Waals surface area contributed by atoms with Crippen molar-refractivity contribution in [2.24, 2.45) is 0 Å². The lowest BCUT2D eigenvalue weighted by atomic mass is 9.88. The molecule has 2 amide bonds. The number of pyridine rings is 2. The van der Waals surface area contributed by atoms with Crippen LogP contribution in [0.3, 0.4) is 0 Å². The van der Waals surface area contributed by atoms with Gasteiger partial charge in [-0.3, -0.25) is 19.6 Å². The molecule has 2 aromatic heterocycles. The van der Waals surface area contributed by atoms with Crippen molar-refractivity contribution in [3.63, 3.8) is 0 Å². The minimum absolute atomic E-state index is 0.147. The molecular formula is C42H42Cl2IN5O2. The molecule has 4 heterocycles. The van der Waals surface area contributed by atoms with Gasteiger partial charge in [-0.1, -0.05) is 46.5 Å². The summed E-state index contributed by atoms with van der Waals surface area (Å²) in [5.41, 5.74) is 21.6. The number of piperidine rings is 2. The van der Waals surface area contributed by atoms with Crippen LogP contribution in [-0.4, -0.2) is 57.8 Å². The topological polar surface area (TPSA) is 92.4 Å². The minimum Gasteiger partial charge on any atom is -0.397 e. The van der Waals surface area contributed by atoms with Gasteiger partial charge in [-0.05, 0) is 144 Å². The highest BCUT2D eigenvalue weighted by Crippen LogP contribution is 2.40. The molecule has 52 heavy (non-hydrogen) atoms. The molecule has 8 rings (SSSR count). The first-order valence-corrected chi connectivity index (χ1v) is 19.8. The number of aromatic nitrogens is 2. The normalized spacial score (nSPS) is 16.8. The summed E-state index contributed by atoms with van der Waals surface area (Å²) in [6.07, 6.45) is 11.0. The molecule has 0 saturated carbocycles. The number of aryl methyl sites for hydroxylation is 4. The standard InChI is InChI=1S/C21H20ClIN2O.C21H22ClN3O/c2*1-13(26)25-8-6-14(7-9-25)20-19-5-4-17(22)10-15(19)2-3-16-11-18(23)12-24-21(16)20/h4-5,10-12H,2-3,6-9H2,1H3;4-5,10-12H,2-3,6-9,23H2,1H3. The van der Waals surface area contributed by atoms with Crippen LogP contribution in [0.1, 0.15) is 84.3 Å². The van der Waals surface area contributed by atoms with Crippen LogP contribution in [0, 0.1) is 3.57 Å². The molecule has 0 spiro atoms. The van der Waals surface area contributed by atoms with Crippen LogP contribution in [0.25, 0.3) is 11.1 Å². The number of hydrogen-bond acceptors (Lipinski definition) is 5.